The van der Waals surface area contributed by atoms with Gasteiger partial charge in [0.25, 0.3) is 5.91 Å². The maximum absolute atomic E-state index is 12.2. The number of hydrogen-bond acceptors (Lipinski definition) is 3. The third kappa shape index (κ3) is 2.38. The van der Waals surface area contributed by atoms with Gasteiger partial charge in [0.15, 0.2) is 0 Å². The monoisotopic (exact) mass is 322 g/mol. The Balaban J connectivity index is 1.98. The number of nitrogens with zero attached hydrogens (tertiary/aromatic N) is 1. The van der Waals surface area contributed by atoms with Gasteiger partial charge in [-0.25, -0.2) is 4.98 Å². The third-order valence-electron chi connectivity index (χ3n) is 2.80. The van der Waals surface area contributed by atoms with Gasteiger partial charge in [0.2, 0.25) is 0 Å². The summed E-state index contributed by atoms with van der Waals surface area (Å²) in [5, 5.41) is 3.83. The lowest BCUT2D eigenvalue weighted by Gasteiger charge is -2.07. The van der Waals surface area contributed by atoms with Gasteiger partial charge in [-0.2, -0.15) is 0 Å². The second-order valence-electron chi connectivity index (χ2n) is 4.06. The van der Waals surface area contributed by atoms with Crippen molar-refractivity contribution in [3.63, 3.8) is 0 Å². The molecule has 20 heavy (non-hydrogen) atoms. The highest BCUT2D eigenvalue weighted by Crippen LogP contribution is 2.32. The standard InChI is InChI=1S/C14H8Cl2N2OS/c15-9-4-2-1-3-8(9)14(19)18-11-6-5-10(16)12-13(11)20-7-17-12/h1-7H,(H,18,19). The summed E-state index contributed by atoms with van der Waals surface area (Å²) in [6, 6.07) is 10.4. The van der Waals surface area contributed by atoms with E-state index in [2.05, 4.69) is 10.3 Å². The van der Waals surface area contributed by atoms with Gasteiger partial charge in [-0.3, -0.25) is 4.79 Å². The Morgan fingerprint density at radius 2 is 1.90 bits per heavy atom. The average molecular weight is 323 g/mol. The van der Waals surface area contributed by atoms with Crippen LogP contribution in [0.2, 0.25) is 10.0 Å². The van der Waals surface area contributed by atoms with Crippen molar-refractivity contribution in [3.05, 3.63) is 57.5 Å². The summed E-state index contributed by atoms with van der Waals surface area (Å²) < 4.78 is 0.845. The van der Waals surface area contributed by atoms with Crippen molar-refractivity contribution < 1.29 is 4.79 Å². The van der Waals surface area contributed by atoms with Crippen LogP contribution in [-0.2, 0) is 0 Å². The molecule has 0 fully saturated rings. The lowest BCUT2D eigenvalue weighted by molar-refractivity contribution is 0.102. The molecule has 0 bridgehead atoms. The number of halogens is 2. The number of benzene rings is 2. The fraction of sp³-hybridized carbons (Fsp3) is 0. The van der Waals surface area contributed by atoms with Crippen LogP contribution in [0.4, 0.5) is 5.69 Å². The molecule has 1 heterocycles. The lowest BCUT2D eigenvalue weighted by atomic mass is 10.2. The number of aromatic nitrogens is 1. The van der Waals surface area contributed by atoms with E-state index in [0.717, 1.165) is 4.70 Å². The van der Waals surface area contributed by atoms with Gasteiger partial charge in [-0.1, -0.05) is 35.3 Å². The Bertz CT molecular complexity index is 801. The first-order valence-electron chi connectivity index (χ1n) is 5.74. The number of anilines is 1. The van der Waals surface area contributed by atoms with Gasteiger partial charge in [-0.05, 0) is 24.3 Å². The number of rotatable bonds is 2. The Hall–Kier alpha value is -1.62. The first kappa shape index (κ1) is 13.4. The van der Waals surface area contributed by atoms with Crippen LogP contribution in [0.15, 0.2) is 41.9 Å². The molecule has 100 valence electrons. The number of thiazole rings is 1. The summed E-state index contributed by atoms with van der Waals surface area (Å²) >= 11 is 13.5. The first-order chi connectivity index (χ1) is 9.66. The Kier molecular flexibility index (Phi) is 3.61. The van der Waals surface area contributed by atoms with Crippen molar-refractivity contribution >= 4 is 56.3 Å². The van der Waals surface area contributed by atoms with Crippen molar-refractivity contribution in [2.45, 2.75) is 0 Å². The molecule has 0 spiro atoms. The molecule has 0 unspecified atom stereocenters. The molecular formula is C14H8Cl2N2OS. The van der Waals surface area contributed by atoms with Crippen LogP contribution in [0.25, 0.3) is 10.2 Å². The first-order valence-corrected chi connectivity index (χ1v) is 7.38. The topological polar surface area (TPSA) is 42.0 Å². The maximum atomic E-state index is 12.2. The van der Waals surface area contributed by atoms with Crippen LogP contribution in [-0.4, -0.2) is 10.9 Å². The molecule has 3 aromatic rings. The van der Waals surface area contributed by atoms with E-state index in [9.17, 15) is 4.79 Å². The highest BCUT2D eigenvalue weighted by Gasteiger charge is 2.13. The summed E-state index contributed by atoms with van der Waals surface area (Å²) in [5.41, 5.74) is 3.49. The Morgan fingerprint density at radius 3 is 2.70 bits per heavy atom. The second-order valence-corrected chi connectivity index (χ2v) is 5.73. The Labute approximate surface area is 129 Å². The molecular weight excluding hydrogens is 315 g/mol. The van der Waals surface area contributed by atoms with Crippen molar-refractivity contribution in [2.24, 2.45) is 0 Å². The number of fused-ring (bicyclic) bond motifs is 1. The molecule has 1 amide bonds. The van der Waals surface area contributed by atoms with Crippen LogP contribution in [0.5, 0.6) is 0 Å². The quantitative estimate of drug-likeness (QED) is 0.732. The average Bonchev–Trinajstić information content (AvgIpc) is 2.93. The van der Waals surface area contributed by atoms with Crippen LogP contribution < -0.4 is 5.32 Å². The van der Waals surface area contributed by atoms with Crippen LogP contribution in [0.3, 0.4) is 0 Å². The van der Waals surface area contributed by atoms with E-state index in [0.29, 0.717) is 26.8 Å². The predicted octanol–water partition coefficient (Wildman–Crippen LogP) is 4.86. The molecule has 6 heteroatoms. The fourth-order valence-corrected chi connectivity index (χ4v) is 3.12. The highest BCUT2D eigenvalue weighted by molar-refractivity contribution is 7.17. The van der Waals surface area contributed by atoms with Gasteiger partial charge in [0.05, 0.1) is 31.5 Å². The third-order valence-corrected chi connectivity index (χ3v) is 4.30. The Morgan fingerprint density at radius 1 is 1.10 bits per heavy atom. The largest absolute Gasteiger partial charge is 0.321 e. The van der Waals surface area contributed by atoms with Gasteiger partial charge in [0, 0.05) is 0 Å². The zero-order chi connectivity index (χ0) is 14.1. The SMILES string of the molecule is O=C(Nc1ccc(Cl)c2ncsc12)c1ccccc1Cl. The van der Waals surface area contributed by atoms with Crippen molar-refractivity contribution in [1.29, 1.82) is 0 Å². The number of carbonyl (C=O) groups is 1. The van der Waals surface area contributed by atoms with E-state index in [4.69, 9.17) is 23.2 Å². The van der Waals surface area contributed by atoms with Gasteiger partial charge in [-0.15, -0.1) is 11.3 Å². The molecule has 2 aromatic carbocycles. The molecule has 1 N–H and O–H groups in total. The molecule has 0 aliphatic rings. The van der Waals surface area contributed by atoms with E-state index in [-0.39, 0.29) is 5.91 Å². The number of amides is 1. The number of carbonyl (C=O) groups excluding carboxylic acids is 1. The summed E-state index contributed by atoms with van der Waals surface area (Å²) in [6.07, 6.45) is 0. The molecule has 0 aliphatic heterocycles. The van der Waals surface area contributed by atoms with Crippen molar-refractivity contribution in [3.8, 4) is 0 Å². The molecule has 0 atom stereocenters. The molecule has 0 radical (unpaired) electrons. The summed E-state index contributed by atoms with van der Waals surface area (Å²) in [5.74, 6) is -0.257. The smallest absolute Gasteiger partial charge is 0.257 e. The molecule has 0 saturated carbocycles. The maximum Gasteiger partial charge on any atom is 0.257 e. The zero-order valence-corrected chi connectivity index (χ0v) is 12.4. The van der Waals surface area contributed by atoms with Crippen LogP contribution in [0, 0.1) is 0 Å². The minimum absolute atomic E-state index is 0.257. The van der Waals surface area contributed by atoms with Crippen molar-refractivity contribution in [2.75, 3.05) is 5.32 Å². The van der Waals surface area contributed by atoms with Gasteiger partial charge in [0.1, 0.15) is 5.52 Å². The van der Waals surface area contributed by atoms with Gasteiger partial charge >= 0.3 is 0 Å². The number of hydrogen-bond donors (Lipinski definition) is 1. The lowest BCUT2D eigenvalue weighted by Crippen LogP contribution is -2.12. The van der Waals surface area contributed by atoms with E-state index in [1.807, 2.05) is 0 Å². The molecule has 3 rings (SSSR count). The van der Waals surface area contributed by atoms with Gasteiger partial charge < -0.3 is 5.32 Å². The number of nitrogens with one attached hydrogen (secondary N) is 1. The summed E-state index contributed by atoms with van der Waals surface area (Å²) in [7, 11) is 0. The second kappa shape index (κ2) is 5.40. The predicted molar refractivity (Wildman–Crippen MR) is 84.0 cm³/mol. The molecule has 0 saturated heterocycles. The van der Waals surface area contributed by atoms with E-state index in [1.165, 1.54) is 11.3 Å². The van der Waals surface area contributed by atoms with Crippen LogP contribution in [0.1, 0.15) is 10.4 Å². The highest BCUT2D eigenvalue weighted by atomic mass is 35.5. The minimum Gasteiger partial charge on any atom is -0.321 e. The van der Waals surface area contributed by atoms with E-state index < -0.39 is 0 Å². The molecule has 0 aliphatic carbocycles. The molecule has 3 nitrogen and oxygen atoms in total. The summed E-state index contributed by atoms with van der Waals surface area (Å²) in [6.45, 7) is 0. The summed E-state index contributed by atoms with van der Waals surface area (Å²) in [4.78, 5) is 16.4. The molecule has 1 aromatic heterocycles. The zero-order valence-electron chi connectivity index (χ0n) is 10.1. The normalized spacial score (nSPS) is 10.7. The van der Waals surface area contributed by atoms with E-state index in [1.54, 1.807) is 41.9 Å². The van der Waals surface area contributed by atoms with E-state index >= 15 is 0 Å². The van der Waals surface area contributed by atoms with Crippen LogP contribution >= 0.6 is 34.5 Å². The minimum atomic E-state index is -0.257. The fourth-order valence-electron chi connectivity index (χ4n) is 1.85. The van der Waals surface area contributed by atoms with Crippen molar-refractivity contribution in [1.82, 2.24) is 4.98 Å².